The Morgan fingerprint density at radius 1 is 1.26 bits per heavy atom. The number of rotatable bonds is 3. The van der Waals surface area contributed by atoms with Crippen LogP contribution in [0, 0.1) is 11.3 Å². The third-order valence-corrected chi connectivity index (χ3v) is 4.42. The Balaban J connectivity index is 2.28. The Hall–Kier alpha value is -1.18. The summed E-state index contributed by atoms with van der Waals surface area (Å²) < 4.78 is 0. The molecule has 0 unspecified atom stereocenters. The number of nitriles is 1. The zero-order valence-electron chi connectivity index (χ0n) is 11.7. The lowest BCUT2D eigenvalue weighted by molar-refractivity contribution is 0.360. The predicted molar refractivity (Wildman–Crippen MR) is 81.9 cm³/mol. The molecule has 0 radical (unpaired) electrons. The first kappa shape index (κ1) is 14.2. The second-order valence-electron chi connectivity index (χ2n) is 4.84. The van der Waals surface area contributed by atoms with Crippen LogP contribution < -0.4 is 4.90 Å². The Morgan fingerprint density at radius 2 is 2.11 bits per heavy atom. The fourth-order valence-electron chi connectivity index (χ4n) is 2.46. The maximum atomic E-state index is 9.48. The molecular weight excluding hydrogens is 254 g/mol. The lowest BCUT2D eigenvalue weighted by Gasteiger charge is -2.24. The number of hydrogen-bond donors (Lipinski definition) is 0. The van der Waals surface area contributed by atoms with E-state index in [1.54, 1.807) is 11.8 Å². The number of benzene rings is 1. The summed E-state index contributed by atoms with van der Waals surface area (Å²) in [5.74, 6) is 1.00. The zero-order valence-corrected chi connectivity index (χ0v) is 12.5. The van der Waals surface area contributed by atoms with E-state index in [0.29, 0.717) is 0 Å². The van der Waals surface area contributed by atoms with Crippen molar-refractivity contribution in [2.75, 3.05) is 43.9 Å². The lowest BCUT2D eigenvalue weighted by Crippen LogP contribution is -2.29. The zero-order chi connectivity index (χ0) is 13.7. The summed E-state index contributed by atoms with van der Waals surface area (Å²) in [4.78, 5) is 5.83. The summed E-state index contributed by atoms with van der Waals surface area (Å²) in [5, 5.41) is 9.48. The van der Waals surface area contributed by atoms with Crippen LogP contribution in [0.15, 0.2) is 23.1 Å². The van der Waals surface area contributed by atoms with Crippen molar-refractivity contribution >= 4 is 17.4 Å². The fraction of sp³-hybridized carbons (Fsp3) is 0.533. The molecule has 1 heterocycles. The van der Waals surface area contributed by atoms with E-state index >= 15 is 0 Å². The third kappa shape index (κ3) is 3.43. The maximum absolute atomic E-state index is 9.48. The first-order valence-corrected chi connectivity index (χ1v) is 7.84. The minimum atomic E-state index is 0.846. The fourth-order valence-corrected chi connectivity index (χ4v) is 3.24. The molecule has 0 bridgehead atoms. The summed E-state index contributed by atoms with van der Waals surface area (Å²) in [7, 11) is 2.16. The van der Waals surface area contributed by atoms with Crippen LogP contribution in [0.25, 0.3) is 0 Å². The standard InChI is InChI=1S/C15H21N3S/c1-3-19-15-7-4-6-14(13(15)12-16)18-9-5-8-17(2)10-11-18/h4,6-7H,3,5,8-11H2,1-2H3. The van der Waals surface area contributed by atoms with Crippen LogP contribution in [0.3, 0.4) is 0 Å². The van der Waals surface area contributed by atoms with E-state index < -0.39 is 0 Å². The molecule has 1 saturated heterocycles. The van der Waals surface area contributed by atoms with Crippen LogP contribution in [0.1, 0.15) is 18.9 Å². The van der Waals surface area contributed by atoms with Gasteiger partial charge in [-0.05, 0) is 37.9 Å². The van der Waals surface area contributed by atoms with E-state index in [-0.39, 0.29) is 0 Å². The van der Waals surface area contributed by atoms with Gasteiger partial charge in [-0.3, -0.25) is 0 Å². The molecule has 2 rings (SSSR count). The van der Waals surface area contributed by atoms with E-state index in [9.17, 15) is 5.26 Å². The van der Waals surface area contributed by atoms with Crippen molar-refractivity contribution < 1.29 is 0 Å². The quantitative estimate of drug-likeness (QED) is 0.794. The van der Waals surface area contributed by atoms with Crippen molar-refractivity contribution in [2.45, 2.75) is 18.2 Å². The minimum Gasteiger partial charge on any atom is -0.369 e. The summed E-state index contributed by atoms with van der Waals surface area (Å²) in [5.41, 5.74) is 1.95. The van der Waals surface area contributed by atoms with Gasteiger partial charge in [0.15, 0.2) is 0 Å². The van der Waals surface area contributed by atoms with Crippen LogP contribution in [0.4, 0.5) is 5.69 Å². The van der Waals surface area contributed by atoms with Gasteiger partial charge in [0, 0.05) is 24.5 Å². The normalized spacial score (nSPS) is 17.0. The van der Waals surface area contributed by atoms with E-state index in [4.69, 9.17) is 0 Å². The van der Waals surface area contributed by atoms with Crippen molar-refractivity contribution in [3.05, 3.63) is 23.8 Å². The molecule has 0 saturated carbocycles. The Labute approximate surface area is 120 Å². The molecule has 1 aromatic carbocycles. The summed E-state index contributed by atoms with van der Waals surface area (Å²) in [6.07, 6.45) is 1.16. The number of anilines is 1. The minimum absolute atomic E-state index is 0.846. The van der Waals surface area contributed by atoms with Gasteiger partial charge >= 0.3 is 0 Å². The van der Waals surface area contributed by atoms with Gasteiger partial charge < -0.3 is 9.80 Å². The summed E-state index contributed by atoms with van der Waals surface area (Å²) in [6, 6.07) is 8.62. The summed E-state index contributed by atoms with van der Waals surface area (Å²) in [6.45, 7) is 6.38. The van der Waals surface area contributed by atoms with Crippen LogP contribution in [0.2, 0.25) is 0 Å². The third-order valence-electron chi connectivity index (χ3n) is 3.48. The van der Waals surface area contributed by atoms with Crippen molar-refractivity contribution in [3.63, 3.8) is 0 Å². The van der Waals surface area contributed by atoms with Crippen molar-refractivity contribution in [1.29, 1.82) is 5.26 Å². The van der Waals surface area contributed by atoms with Crippen LogP contribution in [-0.4, -0.2) is 43.9 Å². The number of thioether (sulfide) groups is 1. The highest BCUT2D eigenvalue weighted by molar-refractivity contribution is 7.99. The lowest BCUT2D eigenvalue weighted by atomic mass is 10.1. The smallest absolute Gasteiger partial charge is 0.103 e. The number of likely N-dealkylation sites (N-methyl/N-ethyl adjacent to an activating group) is 1. The topological polar surface area (TPSA) is 30.3 Å². The van der Waals surface area contributed by atoms with Gasteiger partial charge in [0.1, 0.15) is 6.07 Å². The highest BCUT2D eigenvalue weighted by Gasteiger charge is 2.17. The molecule has 0 N–H and O–H groups in total. The molecule has 1 aromatic rings. The molecular formula is C15H21N3S. The Morgan fingerprint density at radius 3 is 2.84 bits per heavy atom. The first-order chi connectivity index (χ1) is 9.26. The van der Waals surface area contributed by atoms with Crippen LogP contribution in [0.5, 0.6) is 0 Å². The SMILES string of the molecule is CCSc1cccc(N2CCCN(C)CC2)c1C#N. The highest BCUT2D eigenvalue weighted by atomic mass is 32.2. The average molecular weight is 275 g/mol. The molecule has 4 heteroatoms. The molecule has 0 spiro atoms. The maximum Gasteiger partial charge on any atom is 0.103 e. The molecule has 0 amide bonds. The highest BCUT2D eigenvalue weighted by Crippen LogP contribution is 2.30. The molecule has 0 atom stereocenters. The summed E-state index contributed by atoms with van der Waals surface area (Å²) >= 11 is 1.75. The molecule has 19 heavy (non-hydrogen) atoms. The Kier molecular flexibility index (Phi) is 5.12. The van der Waals surface area contributed by atoms with Crippen LogP contribution in [-0.2, 0) is 0 Å². The molecule has 1 aliphatic rings. The van der Waals surface area contributed by atoms with Gasteiger partial charge in [-0.15, -0.1) is 11.8 Å². The van der Waals surface area contributed by atoms with Gasteiger partial charge in [0.05, 0.1) is 11.3 Å². The van der Waals surface area contributed by atoms with E-state index in [1.165, 1.54) is 0 Å². The number of nitrogens with zero attached hydrogens (tertiary/aromatic N) is 3. The molecule has 0 aromatic heterocycles. The molecule has 3 nitrogen and oxygen atoms in total. The largest absolute Gasteiger partial charge is 0.369 e. The molecule has 1 fully saturated rings. The van der Waals surface area contributed by atoms with Crippen LogP contribution >= 0.6 is 11.8 Å². The second kappa shape index (κ2) is 6.83. The van der Waals surface area contributed by atoms with E-state index in [0.717, 1.165) is 54.5 Å². The molecule has 102 valence electrons. The van der Waals surface area contributed by atoms with Gasteiger partial charge in [-0.1, -0.05) is 13.0 Å². The van der Waals surface area contributed by atoms with Gasteiger partial charge in [0.2, 0.25) is 0 Å². The number of hydrogen-bond acceptors (Lipinski definition) is 4. The van der Waals surface area contributed by atoms with E-state index in [1.807, 2.05) is 0 Å². The van der Waals surface area contributed by atoms with Crippen molar-refractivity contribution in [1.82, 2.24) is 4.90 Å². The van der Waals surface area contributed by atoms with E-state index in [2.05, 4.69) is 48.0 Å². The van der Waals surface area contributed by atoms with Crippen molar-refractivity contribution in [3.8, 4) is 6.07 Å². The van der Waals surface area contributed by atoms with Gasteiger partial charge in [0.25, 0.3) is 0 Å². The second-order valence-corrected chi connectivity index (χ2v) is 6.14. The van der Waals surface area contributed by atoms with Crippen molar-refractivity contribution in [2.24, 2.45) is 0 Å². The molecule has 1 aliphatic heterocycles. The monoisotopic (exact) mass is 275 g/mol. The van der Waals surface area contributed by atoms with Gasteiger partial charge in [-0.2, -0.15) is 5.26 Å². The first-order valence-electron chi connectivity index (χ1n) is 6.85. The average Bonchev–Trinajstić information content (AvgIpc) is 2.64. The Bertz CT molecular complexity index is 467. The predicted octanol–water partition coefficient (Wildman–Crippen LogP) is 2.81. The van der Waals surface area contributed by atoms with Gasteiger partial charge in [-0.25, -0.2) is 0 Å². The molecule has 0 aliphatic carbocycles.